The quantitative estimate of drug-likeness (QED) is 0.642. The van der Waals surface area contributed by atoms with Crippen LogP contribution in [0.5, 0.6) is 0 Å². The molecule has 0 unspecified atom stereocenters. The summed E-state index contributed by atoms with van der Waals surface area (Å²) in [4.78, 5) is 18.5. The Morgan fingerprint density at radius 3 is 2.38 bits per heavy atom. The highest BCUT2D eigenvalue weighted by molar-refractivity contribution is 7.88. The van der Waals surface area contributed by atoms with E-state index in [1.54, 1.807) is 4.31 Å². The maximum absolute atomic E-state index is 13.8. The summed E-state index contributed by atoms with van der Waals surface area (Å²) in [7, 11) is -3.16. The second-order valence-electron chi connectivity index (χ2n) is 11.0. The fourth-order valence-corrected chi connectivity index (χ4v) is 7.19. The number of sulfonamides is 1. The summed E-state index contributed by atoms with van der Waals surface area (Å²) in [6.07, 6.45) is 6.61. The third kappa shape index (κ3) is 6.54. The van der Waals surface area contributed by atoms with E-state index in [4.69, 9.17) is 0 Å². The smallest absolute Gasteiger partial charge is 0.223 e. The molecule has 2 aromatic rings. The number of carbonyl (C=O) groups excluding carboxylic acids is 1. The van der Waals surface area contributed by atoms with E-state index in [1.807, 2.05) is 0 Å². The van der Waals surface area contributed by atoms with Crippen molar-refractivity contribution in [3.63, 3.8) is 0 Å². The van der Waals surface area contributed by atoms with Gasteiger partial charge in [-0.1, -0.05) is 48.5 Å². The molecule has 1 N–H and O–H groups in total. The average molecular weight is 525 g/mol. The van der Waals surface area contributed by atoms with Gasteiger partial charge in [0.05, 0.1) is 6.26 Å². The molecule has 0 aromatic heterocycles. The normalized spacial score (nSPS) is 24.2. The number of benzene rings is 2. The number of hydrogen-bond acceptors (Lipinski definition) is 5. The number of rotatable bonds is 5. The number of piperidine rings is 1. The minimum atomic E-state index is -3.16. The highest BCUT2D eigenvalue weighted by atomic mass is 32.2. The Kier molecular flexibility index (Phi) is 8.17. The fourth-order valence-electron chi connectivity index (χ4n) is 6.31. The number of nitrogens with one attached hydrogen (secondary N) is 1. The fraction of sp³-hybridized carbons (Fsp3) is 0.552. The molecule has 3 heterocycles. The van der Waals surface area contributed by atoms with E-state index < -0.39 is 10.0 Å². The molecular formula is C29H40N4O3S. The molecule has 2 saturated heterocycles. The molecule has 2 bridgehead atoms. The van der Waals surface area contributed by atoms with E-state index in [-0.39, 0.29) is 11.8 Å². The summed E-state index contributed by atoms with van der Waals surface area (Å²) in [6, 6.07) is 19.9. The largest absolute Gasteiger partial charge is 0.385 e. The van der Waals surface area contributed by atoms with Crippen molar-refractivity contribution in [1.29, 1.82) is 0 Å². The zero-order chi connectivity index (χ0) is 25.8. The van der Waals surface area contributed by atoms with Crippen LogP contribution in [0.4, 0.5) is 5.69 Å². The average Bonchev–Trinajstić information content (AvgIpc) is 3.24. The van der Waals surface area contributed by atoms with Gasteiger partial charge < -0.3 is 10.2 Å². The Bertz CT molecular complexity index is 1160. The Labute approximate surface area is 221 Å². The van der Waals surface area contributed by atoms with Gasteiger partial charge in [-0.15, -0.1) is 0 Å². The molecule has 8 heteroatoms. The first-order chi connectivity index (χ1) is 17.9. The molecule has 1 amide bonds. The number of fused-ring (bicyclic) bond motifs is 3. The Hall–Kier alpha value is -2.42. The van der Waals surface area contributed by atoms with Crippen molar-refractivity contribution in [3.05, 3.63) is 65.7 Å². The topological polar surface area (TPSA) is 73.0 Å². The van der Waals surface area contributed by atoms with Gasteiger partial charge in [0.1, 0.15) is 0 Å². The maximum Gasteiger partial charge on any atom is 0.223 e. The highest BCUT2D eigenvalue weighted by Crippen LogP contribution is 2.32. The van der Waals surface area contributed by atoms with Crippen molar-refractivity contribution in [1.82, 2.24) is 14.1 Å². The molecular weight excluding hydrogens is 484 g/mol. The van der Waals surface area contributed by atoms with E-state index >= 15 is 0 Å². The Morgan fingerprint density at radius 2 is 1.62 bits per heavy atom. The van der Waals surface area contributed by atoms with Gasteiger partial charge in [0, 0.05) is 63.5 Å². The molecule has 3 aliphatic rings. The third-order valence-electron chi connectivity index (χ3n) is 8.44. The summed E-state index contributed by atoms with van der Waals surface area (Å²) < 4.78 is 25.4. The van der Waals surface area contributed by atoms with Gasteiger partial charge in [-0.3, -0.25) is 9.69 Å². The summed E-state index contributed by atoms with van der Waals surface area (Å²) >= 11 is 0. The van der Waals surface area contributed by atoms with E-state index in [0.717, 1.165) is 63.0 Å². The molecule has 0 aliphatic carbocycles. The van der Waals surface area contributed by atoms with E-state index in [2.05, 4.69) is 69.7 Å². The van der Waals surface area contributed by atoms with Gasteiger partial charge >= 0.3 is 0 Å². The molecule has 2 aromatic carbocycles. The zero-order valence-electron chi connectivity index (χ0n) is 21.9. The molecule has 7 nitrogen and oxygen atoms in total. The Balaban J connectivity index is 1.34. The van der Waals surface area contributed by atoms with Crippen LogP contribution in [0.1, 0.15) is 49.7 Å². The van der Waals surface area contributed by atoms with Crippen LogP contribution >= 0.6 is 0 Å². The second-order valence-corrected chi connectivity index (χ2v) is 13.0. The number of para-hydroxylation sites is 1. The van der Waals surface area contributed by atoms with Crippen molar-refractivity contribution in [2.45, 2.75) is 63.7 Å². The molecule has 37 heavy (non-hydrogen) atoms. The van der Waals surface area contributed by atoms with Crippen LogP contribution in [0.15, 0.2) is 54.6 Å². The van der Waals surface area contributed by atoms with E-state index in [9.17, 15) is 13.2 Å². The van der Waals surface area contributed by atoms with Gasteiger partial charge in [-0.2, -0.15) is 0 Å². The van der Waals surface area contributed by atoms with Gasteiger partial charge in [-0.25, -0.2) is 12.7 Å². The van der Waals surface area contributed by atoms with Gasteiger partial charge in [0.2, 0.25) is 15.9 Å². The molecule has 0 saturated carbocycles. The lowest BCUT2D eigenvalue weighted by molar-refractivity contribution is -0.134. The standard InChI is InChI=1S/C29H40N4O3S/c1-37(35,36)32-17-14-23(15-18-32)19-29(34)31-21-25-9-5-6-10-28(25)30-16-13-26-11-12-27(22-31)33(26)20-24-7-3-2-4-8-24/h2-10,23,26-27,30H,11-22H2,1H3/t26-,27+/m0/s1. The minimum absolute atomic E-state index is 0.190. The highest BCUT2D eigenvalue weighted by Gasteiger charge is 2.36. The number of hydrogen-bond donors (Lipinski definition) is 1. The minimum Gasteiger partial charge on any atom is -0.385 e. The van der Waals surface area contributed by atoms with E-state index in [0.29, 0.717) is 38.1 Å². The lowest BCUT2D eigenvalue weighted by Crippen LogP contribution is -2.45. The summed E-state index contributed by atoms with van der Waals surface area (Å²) in [5.74, 6) is 0.420. The van der Waals surface area contributed by atoms with Crippen LogP contribution in [0.25, 0.3) is 0 Å². The molecule has 2 atom stereocenters. The van der Waals surface area contributed by atoms with Gasteiger partial charge in [0.25, 0.3) is 0 Å². The second kappa shape index (κ2) is 11.5. The number of amides is 1. The van der Waals surface area contributed by atoms with Crippen molar-refractivity contribution in [3.8, 4) is 0 Å². The predicted molar refractivity (Wildman–Crippen MR) is 148 cm³/mol. The number of carbonyl (C=O) groups is 1. The maximum atomic E-state index is 13.8. The first kappa shape index (κ1) is 26.2. The summed E-state index contributed by atoms with van der Waals surface area (Å²) in [6.45, 7) is 4.20. The number of anilines is 1. The van der Waals surface area contributed by atoms with Crippen LogP contribution < -0.4 is 5.32 Å². The first-order valence-electron chi connectivity index (χ1n) is 13.7. The molecule has 200 valence electrons. The molecule has 0 radical (unpaired) electrons. The summed E-state index contributed by atoms with van der Waals surface area (Å²) in [5.41, 5.74) is 3.60. The predicted octanol–water partition coefficient (Wildman–Crippen LogP) is 3.93. The molecule has 3 aliphatic heterocycles. The van der Waals surface area contributed by atoms with Crippen molar-refractivity contribution in [2.75, 3.05) is 37.8 Å². The van der Waals surface area contributed by atoms with E-state index in [1.165, 1.54) is 11.8 Å². The zero-order valence-corrected chi connectivity index (χ0v) is 22.7. The van der Waals surface area contributed by atoms with Crippen LogP contribution in [0, 0.1) is 5.92 Å². The monoisotopic (exact) mass is 524 g/mol. The molecule has 5 rings (SSSR count). The first-order valence-corrected chi connectivity index (χ1v) is 15.6. The van der Waals surface area contributed by atoms with Crippen LogP contribution in [-0.4, -0.2) is 72.9 Å². The summed E-state index contributed by atoms with van der Waals surface area (Å²) in [5, 5.41) is 3.66. The van der Waals surface area contributed by atoms with Crippen LogP contribution in [0.2, 0.25) is 0 Å². The number of nitrogens with zero attached hydrogens (tertiary/aromatic N) is 3. The molecule has 2 fully saturated rings. The Morgan fingerprint density at radius 1 is 0.919 bits per heavy atom. The molecule has 0 spiro atoms. The van der Waals surface area contributed by atoms with Gasteiger partial charge in [-0.05, 0) is 55.2 Å². The van der Waals surface area contributed by atoms with Crippen molar-refractivity contribution < 1.29 is 13.2 Å². The lowest BCUT2D eigenvalue weighted by Gasteiger charge is -2.35. The van der Waals surface area contributed by atoms with Crippen LogP contribution in [-0.2, 0) is 27.9 Å². The lowest BCUT2D eigenvalue weighted by atomic mass is 9.94. The SMILES string of the molecule is CS(=O)(=O)N1CCC(CC(=O)N2Cc3ccccc3NCC[C@@H]3CC[C@H](C2)N3Cc2ccccc2)CC1. The van der Waals surface area contributed by atoms with Crippen molar-refractivity contribution >= 4 is 21.6 Å². The van der Waals surface area contributed by atoms with Gasteiger partial charge in [0.15, 0.2) is 0 Å². The third-order valence-corrected chi connectivity index (χ3v) is 9.74. The van der Waals surface area contributed by atoms with Crippen LogP contribution in [0.3, 0.4) is 0 Å². The van der Waals surface area contributed by atoms with Crippen molar-refractivity contribution in [2.24, 2.45) is 5.92 Å².